The molecule has 252 valence electrons. The Morgan fingerprint density at radius 3 is 2.67 bits per heavy atom. The van der Waals surface area contributed by atoms with E-state index in [2.05, 4.69) is 15.3 Å². The summed E-state index contributed by atoms with van der Waals surface area (Å²) in [6.45, 7) is 3.58. The number of likely N-dealkylation sites (N-methyl/N-ethyl adjacent to an activating group) is 1. The number of benzene rings is 1. The standard InChI is InChI=1S/C35H39FN6O5S/c1-20(43)47-19-28-27(12-22(36)13-30(28)42-10-9-26-25-7-5-6-8-31(25)48-33(26)35(42)45)21-11-29(34(44)40(3)15-21)37-32-14-23(41(4)38-32)16-39(2)24-17-46-18-24/h11-15,24H,5-10,16-19H2,1-4H3,(H,37,38). The first-order chi connectivity index (χ1) is 23.1. The van der Waals surface area contributed by atoms with Crippen LogP contribution in [-0.2, 0) is 60.8 Å². The molecule has 3 aromatic heterocycles. The minimum Gasteiger partial charge on any atom is -0.461 e. The van der Waals surface area contributed by atoms with Gasteiger partial charge in [-0.15, -0.1) is 11.3 Å². The van der Waals surface area contributed by atoms with Crippen LogP contribution in [0.1, 0.15) is 56.7 Å². The fourth-order valence-electron chi connectivity index (χ4n) is 6.86. The summed E-state index contributed by atoms with van der Waals surface area (Å²) in [5, 5.41) is 7.75. The number of hydrogen-bond donors (Lipinski definition) is 1. The highest BCUT2D eigenvalue weighted by Gasteiger charge is 2.34. The Balaban J connectivity index is 1.25. The van der Waals surface area contributed by atoms with Gasteiger partial charge in [0.15, 0.2) is 5.82 Å². The lowest BCUT2D eigenvalue weighted by atomic mass is 9.91. The average Bonchev–Trinajstić information content (AvgIpc) is 3.57. The minimum atomic E-state index is -0.547. The maximum absolute atomic E-state index is 15.6. The zero-order valence-corrected chi connectivity index (χ0v) is 28.4. The lowest BCUT2D eigenvalue weighted by molar-refractivity contribution is -0.142. The third-order valence-corrected chi connectivity index (χ3v) is 10.9. The van der Waals surface area contributed by atoms with Gasteiger partial charge in [0.2, 0.25) is 0 Å². The van der Waals surface area contributed by atoms with Crippen LogP contribution in [0.3, 0.4) is 0 Å². The molecule has 1 fully saturated rings. The van der Waals surface area contributed by atoms with Crippen LogP contribution in [0.4, 0.5) is 21.6 Å². The predicted molar refractivity (Wildman–Crippen MR) is 181 cm³/mol. The van der Waals surface area contributed by atoms with E-state index >= 15 is 4.39 Å². The Labute approximate surface area is 281 Å². The van der Waals surface area contributed by atoms with Crippen molar-refractivity contribution in [2.75, 3.05) is 37.0 Å². The molecule has 11 nitrogen and oxygen atoms in total. The first-order valence-electron chi connectivity index (χ1n) is 16.3. The smallest absolute Gasteiger partial charge is 0.302 e. The molecule has 5 heterocycles. The van der Waals surface area contributed by atoms with Gasteiger partial charge >= 0.3 is 5.97 Å². The largest absolute Gasteiger partial charge is 0.461 e. The Kier molecular flexibility index (Phi) is 8.69. The second-order valence-corrected chi connectivity index (χ2v) is 14.0. The molecule has 0 spiro atoms. The molecule has 1 aromatic carbocycles. The Bertz CT molecular complexity index is 1980. The highest BCUT2D eigenvalue weighted by molar-refractivity contribution is 7.14. The number of pyridine rings is 1. The van der Waals surface area contributed by atoms with E-state index < -0.39 is 11.8 Å². The van der Waals surface area contributed by atoms with E-state index in [0.717, 1.165) is 36.9 Å². The zero-order chi connectivity index (χ0) is 33.7. The number of carbonyl (C=O) groups is 2. The normalized spacial score (nSPS) is 16.1. The number of aryl methyl sites for hydroxylation is 3. The molecule has 0 atom stereocenters. The number of esters is 1. The summed E-state index contributed by atoms with van der Waals surface area (Å²) < 4.78 is 29.6. The fraction of sp³-hybridized carbons (Fsp3) is 0.429. The van der Waals surface area contributed by atoms with Crippen LogP contribution < -0.4 is 15.8 Å². The molecule has 2 aliphatic heterocycles. The fourth-order valence-corrected chi connectivity index (χ4v) is 8.24. The summed E-state index contributed by atoms with van der Waals surface area (Å²) in [6, 6.07) is 6.59. The van der Waals surface area contributed by atoms with Crippen LogP contribution in [0.5, 0.6) is 0 Å². The Hall–Kier alpha value is -4.33. The second-order valence-electron chi connectivity index (χ2n) is 12.9. The van der Waals surface area contributed by atoms with E-state index in [1.807, 2.05) is 20.2 Å². The molecule has 7 rings (SSSR count). The van der Waals surface area contributed by atoms with Crippen LogP contribution in [0.25, 0.3) is 11.1 Å². The number of thiophene rings is 1. The van der Waals surface area contributed by atoms with Crippen LogP contribution >= 0.6 is 11.3 Å². The summed E-state index contributed by atoms with van der Waals surface area (Å²) in [7, 11) is 5.51. The van der Waals surface area contributed by atoms with E-state index in [0.29, 0.717) is 71.8 Å². The number of hydrogen-bond acceptors (Lipinski definition) is 9. The van der Waals surface area contributed by atoms with Crippen molar-refractivity contribution in [2.24, 2.45) is 14.1 Å². The number of rotatable bonds is 9. The lowest BCUT2D eigenvalue weighted by Gasteiger charge is -2.34. The first kappa shape index (κ1) is 32.2. The highest BCUT2D eigenvalue weighted by atomic mass is 32.1. The molecule has 1 N–H and O–H groups in total. The maximum atomic E-state index is 15.6. The summed E-state index contributed by atoms with van der Waals surface area (Å²) >= 11 is 1.56. The van der Waals surface area contributed by atoms with Crippen LogP contribution in [0.15, 0.2) is 35.3 Å². The molecule has 3 aliphatic rings. The number of carbonyl (C=O) groups excluding carboxylic acids is 2. The average molecular weight is 675 g/mol. The Morgan fingerprint density at radius 2 is 1.92 bits per heavy atom. The van der Waals surface area contributed by atoms with Crippen molar-refractivity contribution in [1.29, 1.82) is 0 Å². The molecule has 0 saturated carbocycles. The molecular weight excluding hydrogens is 635 g/mol. The van der Waals surface area contributed by atoms with Crippen molar-refractivity contribution >= 4 is 40.4 Å². The molecule has 1 saturated heterocycles. The third-order valence-electron chi connectivity index (χ3n) is 9.60. The van der Waals surface area contributed by atoms with Gasteiger partial charge in [0.05, 0.1) is 35.5 Å². The SMILES string of the molecule is CC(=O)OCc1c(-c2cc(Nc3cc(CN(C)C4COC4)n(C)n3)c(=O)n(C)c2)cc(F)cc1N1CCc2c(sc3c2CCCC3)C1=O. The number of aromatic nitrogens is 3. The summed E-state index contributed by atoms with van der Waals surface area (Å²) in [5.41, 5.74) is 5.12. The number of ether oxygens (including phenoxy) is 2. The number of nitrogens with zero attached hydrogens (tertiary/aromatic N) is 5. The van der Waals surface area contributed by atoms with Crippen LogP contribution in [0, 0.1) is 5.82 Å². The van der Waals surface area contributed by atoms with Gasteiger partial charge in [0.1, 0.15) is 18.1 Å². The van der Waals surface area contributed by atoms with Gasteiger partial charge in [-0.25, -0.2) is 4.39 Å². The number of anilines is 3. The van der Waals surface area contributed by atoms with E-state index in [1.54, 1.807) is 40.2 Å². The molecular formula is C35H39FN6O5S. The third kappa shape index (κ3) is 6.06. The summed E-state index contributed by atoms with van der Waals surface area (Å²) in [4.78, 5) is 45.2. The van der Waals surface area contributed by atoms with E-state index in [9.17, 15) is 14.4 Å². The summed E-state index contributed by atoms with van der Waals surface area (Å²) in [6.07, 6.45) is 6.52. The van der Waals surface area contributed by atoms with Crippen molar-refractivity contribution < 1.29 is 23.5 Å². The Morgan fingerprint density at radius 1 is 1.12 bits per heavy atom. The monoisotopic (exact) mass is 674 g/mol. The molecule has 1 amide bonds. The number of nitrogens with one attached hydrogen (secondary N) is 1. The molecule has 0 bridgehead atoms. The van der Waals surface area contributed by atoms with Gasteiger partial charge in [-0.2, -0.15) is 5.10 Å². The number of halogens is 1. The van der Waals surface area contributed by atoms with Crippen molar-refractivity contribution in [3.8, 4) is 11.1 Å². The van der Waals surface area contributed by atoms with Crippen molar-refractivity contribution in [3.63, 3.8) is 0 Å². The quantitative estimate of drug-likeness (QED) is 0.255. The zero-order valence-electron chi connectivity index (χ0n) is 27.6. The van der Waals surface area contributed by atoms with Crippen LogP contribution in [-0.4, -0.2) is 64.0 Å². The summed E-state index contributed by atoms with van der Waals surface area (Å²) in [5.74, 6) is -0.720. The molecule has 4 aromatic rings. The van der Waals surface area contributed by atoms with Gasteiger partial charge < -0.3 is 24.3 Å². The molecule has 0 unspecified atom stereocenters. The molecule has 1 aliphatic carbocycles. The van der Waals surface area contributed by atoms with Crippen molar-refractivity contribution in [1.82, 2.24) is 19.2 Å². The predicted octanol–water partition coefficient (Wildman–Crippen LogP) is 4.71. The molecule has 48 heavy (non-hydrogen) atoms. The van der Waals surface area contributed by atoms with E-state index in [4.69, 9.17) is 9.47 Å². The van der Waals surface area contributed by atoms with E-state index in [-0.39, 0.29) is 23.8 Å². The minimum absolute atomic E-state index is 0.166. The highest BCUT2D eigenvalue weighted by Crippen LogP contribution is 2.41. The van der Waals surface area contributed by atoms with Crippen molar-refractivity contribution in [2.45, 2.75) is 58.2 Å². The van der Waals surface area contributed by atoms with Gasteiger partial charge in [0, 0.05) is 62.4 Å². The van der Waals surface area contributed by atoms with Gasteiger partial charge in [-0.3, -0.25) is 24.0 Å². The van der Waals surface area contributed by atoms with Gasteiger partial charge in [0.25, 0.3) is 11.5 Å². The van der Waals surface area contributed by atoms with Crippen LogP contribution in [0.2, 0.25) is 0 Å². The lowest BCUT2D eigenvalue weighted by Crippen LogP contribution is -2.46. The molecule has 0 radical (unpaired) electrons. The van der Waals surface area contributed by atoms with E-state index in [1.165, 1.54) is 34.1 Å². The maximum Gasteiger partial charge on any atom is 0.302 e. The first-order valence-corrected chi connectivity index (χ1v) is 17.1. The molecule has 13 heteroatoms. The second kappa shape index (κ2) is 12.9. The van der Waals surface area contributed by atoms with Gasteiger partial charge in [-0.1, -0.05) is 0 Å². The number of amides is 1. The topological polar surface area (TPSA) is 111 Å². The van der Waals surface area contributed by atoms with Gasteiger partial charge in [-0.05, 0) is 74.0 Å². The number of fused-ring (bicyclic) bond motifs is 3. The van der Waals surface area contributed by atoms with Crippen molar-refractivity contribution in [3.05, 3.63) is 78.8 Å².